The maximum absolute atomic E-state index is 14.4. The molecule has 1 aliphatic heterocycles. The van der Waals surface area contributed by atoms with Crippen molar-refractivity contribution in [1.29, 1.82) is 0 Å². The summed E-state index contributed by atoms with van der Waals surface area (Å²) in [6.45, 7) is 3.80. The first-order valence-corrected chi connectivity index (χ1v) is 9.91. The molecule has 152 valence electrons. The molecule has 1 saturated heterocycles. The highest BCUT2D eigenvalue weighted by atomic mass is 19.1. The van der Waals surface area contributed by atoms with Gasteiger partial charge in [-0.2, -0.15) is 0 Å². The number of anilines is 1. The normalized spacial score (nSPS) is 15.4. The highest BCUT2D eigenvalue weighted by Gasteiger charge is 2.13. The van der Waals surface area contributed by atoms with Gasteiger partial charge in [0.15, 0.2) is 5.88 Å². The summed E-state index contributed by atoms with van der Waals surface area (Å²) in [4.78, 5) is 9.31. The lowest BCUT2D eigenvalue weighted by atomic mass is 10.1. The van der Waals surface area contributed by atoms with E-state index in [0.717, 1.165) is 19.6 Å². The molecule has 1 fully saturated rings. The van der Waals surface area contributed by atoms with E-state index in [4.69, 9.17) is 0 Å². The van der Waals surface area contributed by atoms with Crippen LogP contribution in [0.1, 0.15) is 24.8 Å². The Bertz CT molecular complexity index is 1030. The van der Waals surface area contributed by atoms with E-state index >= 15 is 0 Å². The predicted octanol–water partition coefficient (Wildman–Crippen LogP) is 4.80. The number of benzene rings is 2. The molecule has 29 heavy (non-hydrogen) atoms. The SMILES string of the molecule is Oc1[nH]c2cccc(F)c2c1C=Nc1ccc(NCCN2CCCCC2)c(F)c1. The molecule has 3 N–H and O–H groups in total. The topological polar surface area (TPSA) is 63.6 Å². The summed E-state index contributed by atoms with van der Waals surface area (Å²) in [5, 5.41) is 13.4. The van der Waals surface area contributed by atoms with Gasteiger partial charge in [-0.15, -0.1) is 0 Å². The van der Waals surface area contributed by atoms with Gasteiger partial charge in [0.05, 0.1) is 22.5 Å². The van der Waals surface area contributed by atoms with Gasteiger partial charge in [0.2, 0.25) is 0 Å². The van der Waals surface area contributed by atoms with Gasteiger partial charge in [0.25, 0.3) is 0 Å². The van der Waals surface area contributed by atoms with Gasteiger partial charge in [0, 0.05) is 30.8 Å². The van der Waals surface area contributed by atoms with Crippen LogP contribution in [0.5, 0.6) is 5.88 Å². The van der Waals surface area contributed by atoms with Crippen LogP contribution in [0.3, 0.4) is 0 Å². The Morgan fingerprint density at radius 1 is 1.10 bits per heavy atom. The van der Waals surface area contributed by atoms with E-state index in [1.165, 1.54) is 37.6 Å². The molecule has 0 unspecified atom stereocenters. The van der Waals surface area contributed by atoms with Crippen molar-refractivity contribution in [2.45, 2.75) is 19.3 Å². The average molecular weight is 398 g/mol. The fraction of sp³-hybridized carbons (Fsp3) is 0.318. The van der Waals surface area contributed by atoms with Crippen molar-refractivity contribution in [1.82, 2.24) is 9.88 Å². The number of piperidine rings is 1. The van der Waals surface area contributed by atoms with Crippen LogP contribution in [0.2, 0.25) is 0 Å². The van der Waals surface area contributed by atoms with Crippen molar-refractivity contribution < 1.29 is 13.9 Å². The number of aromatic nitrogens is 1. The van der Waals surface area contributed by atoms with E-state index in [1.807, 2.05) is 0 Å². The number of aromatic amines is 1. The standard InChI is InChI=1S/C22H24F2N4O/c23-17-5-4-6-20-21(17)16(22(29)27-20)14-26-15-7-8-19(18(24)13-15)25-9-12-28-10-2-1-3-11-28/h4-8,13-14,25,27,29H,1-3,9-12H2. The molecule has 1 aromatic heterocycles. The van der Waals surface area contributed by atoms with Crippen LogP contribution in [-0.2, 0) is 0 Å². The van der Waals surface area contributed by atoms with Crippen LogP contribution in [0.25, 0.3) is 10.9 Å². The van der Waals surface area contributed by atoms with E-state index in [2.05, 4.69) is 20.2 Å². The van der Waals surface area contributed by atoms with Crippen molar-refractivity contribution in [3.05, 3.63) is 53.6 Å². The number of aliphatic imine (C=N–C) groups is 1. The lowest BCUT2D eigenvalue weighted by molar-refractivity contribution is 0.237. The van der Waals surface area contributed by atoms with Gasteiger partial charge >= 0.3 is 0 Å². The fourth-order valence-corrected chi connectivity index (χ4v) is 3.74. The minimum atomic E-state index is -0.458. The van der Waals surface area contributed by atoms with Crippen molar-refractivity contribution in [3.63, 3.8) is 0 Å². The number of nitrogens with one attached hydrogen (secondary N) is 2. The molecule has 5 nitrogen and oxygen atoms in total. The average Bonchev–Trinajstić information content (AvgIpc) is 3.05. The molecule has 2 heterocycles. The van der Waals surface area contributed by atoms with Crippen molar-refractivity contribution in [2.24, 2.45) is 4.99 Å². The summed E-state index contributed by atoms with van der Waals surface area (Å²) in [7, 11) is 0. The second kappa shape index (κ2) is 8.61. The van der Waals surface area contributed by atoms with Crippen LogP contribution in [0.15, 0.2) is 41.4 Å². The number of nitrogens with zero attached hydrogens (tertiary/aromatic N) is 2. The quantitative estimate of drug-likeness (QED) is 0.523. The monoisotopic (exact) mass is 398 g/mol. The third-order valence-electron chi connectivity index (χ3n) is 5.28. The summed E-state index contributed by atoms with van der Waals surface area (Å²) in [5.41, 5.74) is 1.53. The van der Waals surface area contributed by atoms with Gasteiger partial charge in [0.1, 0.15) is 11.6 Å². The second-order valence-corrected chi connectivity index (χ2v) is 7.30. The molecule has 0 aliphatic carbocycles. The fourth-order valence-electron chi connectivity index (χ4n) is 3.74. The molecule has 3 aromatic rings. The Balaban J connectivity index is 1.44. The molecule has 4 rings (SSSR count). The largest absolute Gasteiger partial charge is 0.494 e. The number of H-pyrrole nitrogens is 1. The smallest absolute Gasteiger partial charge is 0.198 e. The van der Waals surface area contributed by atoms with Crippen molar-refractivity contribution in [2.75, 3.05) is 31.5 Å². The van der Waals surface area contributed by atoms with Crippen LogP contribution >= 0.6 is 0 Å². The lowest BCUT2D eigenvalue weighted by Gasteiger charge is -2.26. The Morgan fingerprint density at radius 2 is 1.93 bits per heavy atom. The van der Waals surface area contributed by atoms with Crippen LogP contribution in [0.4, 0.5) is 20.2 Å². The second-order valence-electron chi connectivity index (χ2n) is 7.30. The lowest BCUT2D eigenvalue weighted by Crippen LogP contribution is -2.33. The van der Waals surface area contributed by atoms with Gasteiger partial charge in [-0.25, -0.2) is 8.78 Å². The third kappa shape index (κ3) is 4.40. The summed E-state index contributed by atoms with van der Waals surface area (Å²) in [6.07, 6.45) is 5.10. The molecule has 0 amide bonds. The molecular weight excluding hydrogens is 374 g/mol. The summed E-state index contributed by atoms with van der Waals surface area (Å²) < 4.78 is 28.5. The van der Waals surface area contributed by atoms with Gasteiger partial charge in [-0.05, 0) is 50.2 Å². The first-order valence-electron chi connectivity index (χ1n) is 9.91. The minimum absolute atomic E-state index is 0.176. The van der Waals surface area contributed by atoms with E-state index < -0.39 is 11.6 Å². The number of rotatable bonds is 6. The Kier molecular flexibility index (Phi) is 5.76. The molecular formula is C22H24F2N4O. The number of halogens is 2. The molecule has 0 radical (unpaired) electrons. The van der Waals surface area contributed by atoms with Crippen LogP contribution < -0.4 is 5.32 Å². The van der Waals surface area contributed by atoms with E-state index in [1.54, 1.807) is 24.3 Å². The zero-order valence-electron chi connectivity index (χ0n) is 16.1. The molecule has 0 bridgehead atoms. The van der Waals surface area contributed by atoms with Gasteiger partial charge in [-0.1, -0.05) is 12.5 Å². The maximum atomic E-state index is 14.4. The Hall–Kier alpha value is -2.93. The van der Waals surface area contributed by atoms with Crippen molar-refractivity contribution >= 4 is 28.5 Å². The molecule has 1 aliphatic rings. The van der Waals surface area contributed by atoms with E-state index in [9.17, 15) is 13.9 Å². The third-order valence-corrected chi connectivity index (χ3v) is 5.28. The Labute approximate surface area is 168 Å². The first-order chi connectivity index (χ1) is 14.1. The number of likely N-dealkylation sites (tertiary alicyclic amines) is 1. The highest BCUT2D eigenvalue weighted by Crippen LogP contribution is 2.29. The summed E-state index contributed by atoms with van der Waals surface area (Å²) >= 11 is 0. The van der Waals surface area contributed by atoms with E-state index in [0.29, 0.717) is 23.4 Å². The first kappa shape index (κ1) is 19.4. The summed E-state index contributed by atoms with van der Waals surface area (Å²) in [5.74, 6) is -1.03. The highest BCUT2D eigenvalue weighted by molar-refractivity contribution is 6.02. The molecule has 0 atom stereocenters. The zero-order chi connectivity index (χ0) is 20.2. The zero-order valence-corrected chi connectivity index (χ0v) is 16.1. The van der Waals surface area contributed by atoms with Crippen molar-refractivity contribution in [3.8, 4) is 5.88 Å². The summed E-state index contributed by atoms with van der Waals surface area (Å²) in [6, 6.07) is 9.19. The molecule has 7 heteroatoms. The van der Waals surface area contributed by atoms with E-state index in [-0.39, 0.29) is 16.8 Å². The van der Waals surface area contributed by atoms with Crippen LogP contribution in [-0.4, -0.2) is 47.4 Å². The predicted molar refractivity (Wildman–Crippen MR) is 112 cm³/mol. The number of fused-ring (bicyclic) bond motifs is 1. The number of hydrogen-bond donors (Lipinski definition) is 3. The number of hydrogen-bond acceptors (Lipinski definition) is 4. The van der Waals surface area contributed by atoms with Gasteiger partial charge in [-0.3, -0.25) is 4.99 Å². The van der Waals surface area contributed by atoms with Crippen LogP contribution in [0, 0.1) is 11.6 Å². The molecule has 0 saturated carbocycles. The van der Waals surface area contributed by atoms with Gasteiger partial charge < -0.3 is 20.3 Å². The Morgan fingerprint density at radius 3 is 2.72 bits per heavy atom. The molecule has 2 aromatic carbocycles. The molecule has 0 spiro atoms. The minimum Gasteiger partial charge on any atom is -0.494 e. The maximum Gasteiger partial charge on any atom is 0.198 e. The number of aromatic hydroxyl groups is 1.